The molecule has 0 amide bonds. The van der Waals surface area contributed by atoms with E-state index in [-0.39, 0.29) is 6.04 Å². The molecule has 0 saturated carbocycles. The third-order valence-electron chi connectivity index (χ3n) is 4.19. The van der Waals surface area contributed by atoms with E-state index in [0.29, 0.717) is 34.9 Å². The predicted molar refractivity (Wildman–Crippen MR) is 135 cm³/mol. The molecule has 1 heterocycles. The molecule has 0 radical (unpaired) electrons. The Bertz CT molecular complexity index is 810. The molecular formula is C20H35N7OS2. The van der Waals surface area contributed by atoms with Crippen LogP contribution in [0.2, 0.25) is 0 Å². The van der Waals surface area contributed by atoms with E-state index in [9.17, 15) is 0 Å². The van der Waals surface area contributed by atoms with Gasteiger partial charge >= 0.3 is 0 Å². The van der Waals surface area contributed by atoms with Crippen LogP contribution in [-0.4, -0.2) is 52.6 Å². The number of thiol groups is 2. The highest BCUT2D eigenvalue weighted by atomic mass is 32.1. The summed E-state index contributed by atoms with van der Waals surface area (Å²) in [5.74, 6) is 0. The van der Waals surface area contributed by atoms with Crippen LogP contribution < -0.4 is 10.6 Å². The maximum atomic E-state index is 5.19. The van der Waals surface area contributed by atoms with E-state index in [1.807, 2.05) is 27.7 Å². The summed E-state index contributed by atoms with van der Waals surface area (Å²) in [6, 6.07) is 2.30. The van der Waals surface area contributed by atoms with Crippen molar-refractivity contribution >= 4 is 47.0 Å². The van der Waals surface area contributed by atoms with Crippen molar-refractivity contribution in [2.24, 2.45) is 20.4 Å². The summed E-state index contributed by atoms with van der Waals surface area (Å²) in [5, 5.41) is 24.2. The SMILES string of the molecule is CCN/C(S)=N/N=C(C)/C(=N/N=C(\S)NC(C)C)c1cc(C)n(CCCOC)c1C. The number of aryl methyl sites for hydroxylation is 1. The molecule has 0 aliphatic carbocycles. The molecule has 10 heteroatoms. The number of rotatable bonds is 10. The Balaban J connectivity index is 3.39. The maximum absolute atomic E-state index is 5.19. The van der Waals surface area contributed by atoms with E-state index >= 15 is 0 Å². The number of hydrogen-bond acceptors (Lipinski definition) is 5. The highest BCUT2D eigenvalue weighted by molar-refractivity contribution is 7.97. The van der Waals surface area contributed by atoms with Gasteiger partial charge in [0.1, 0.15) is 5.71 Å². The van der Waals surface area contributed by atoms with Crippen LogP contribution in [0.25, 0.3) is 0 Å². The highest BCUT2D eigenvalue weighted by Crippen LogP contribution is 2.18. The van der Waals surface area contributed by atoms with Crippen LogP contribution >= 0.6 is 25.3 Å². The lowest BCUT2D eigenvalue weighted by molar-refractivity contribution is 0.190. The first kappa shape index (κ1) is 26.3. The van der Waals surface area contributed by atoms with Crippen molar-refractivity contribution in [3.63, 3.8) is 0 Å². The van der Waals surface area contributed by atoms with Gasteiger partial charge in [0.15, 0.2) is 10.3 Å². The summed E-state index contributed by atoms with van der Waals surface area (Å²) >= 11 is 8.65. The van der Waals surface area contributed by atoms with Crippen LogP contribution in [0, 0.1) is 13.8 Å². The maximum Gasteiger partial charge on any atom is 0.180 e. The molecule has 0 saturated heterocycles. The van der Waals surface area contributed by atoms with Gasteiger partial charge in [-0.1, -0.05) is 0 Å². The Labute approximate surface area is 191 Å². The molecule has 0 aromatic carbocycles. The predicted octanol–water partition coefficient (Wildman–Crippen LogP) is 3.40. The summed E-state index contributed by atoms with van der Waals surface area (Å²) < 4.78 is 7.44. The molecule has 30 heavy (non-hydrogen) atoms. The van der Waals surface area contributed by atoms with Gasteiger partial charge in [-0.05, 0) is 54.0 Å². The van der Waals surface area contributed by atoms with Gasteiger partial charge in [-0.25, -0.2) is 0 Å². The van der Waals surface area contributed by atoms with Gasteiger partial charge in [-0.3, -0.25) is 0 Å². The van der Waals surface area contributed by atoms with Gasteiger partial charge in [0.25, 0.3) is 0 Å². The molecule has 0 bridgehead atoms. The molecule has 2 N–H and O–H groups in total. The topological polar surface area (TPSA) is 87.7 Å². The van der Waals surface area contributed by atoms with E-state index in [2.05, 4.69) is 80.8 Å². The molecule has 1 aromatic heterocycles. The molecular weight excluding hydrogens is 418 g/mol. The number of methoxy groups -OCH3 is 1. The second-order valence-corrected chi connectivity index (χ2v) is 7.94. The molecule has 0 aliphatic heterocycles. The van der Waals surface area contributed by atoms with Gasteiger partial charge < -0.3 is 19.9 Å². The van der Waals surface area contributed by atoms with Gasteiger partial charge in [-0.2, -0.15) is 5.10 Å². The summed E-state index contributed by atoms with van der Waals surface area (Å²) in [5.41, 5.74) is 4.46. The molecule has 168 valence electrons. The quantitative estimate of drug-likeness (QED) is 0.144. The number of hydrogen-bond donors (Lipinski definition) is 4. The zero-order valence-electron chi connectivity index (χ0n) is 19.0. The average molecular weight is 454 g/mol. The zero-order valence-corrected chi connectivity index (χ0v) is 20.8. The molecule has 0 atom stereocenters. The lowest BCUT2D eigenvalue weighted by Gasteiger charge is -2.10. The van der Waals surface area contributed by atoms with Crippen molar-refractivity contribution in [2.45, 2.75) is 60.5 Å². The van der Waals surface area contributed by atoms with Crippen molar-refractivity contribution in [2.75, 3.05) is 20.3 Å². The van der Waals surface area contributed by atoms with Crippen LogP contribution in [0.15, 0.2) is 26.5 Å². The second kappa shape index (κ2) is 13.5. The summed E-state index contributed by atoms with van der Waals surface area (Å²) in [6.45, 7) is 14.3. The lowest BCUT2D eigenvalue weighted by atomic mass is 10.1. The Hall–Kier alpha value is -1.78. The van der Waals surface area contributed by atoms with Gasteiger partial charge in [0.05, 0.1) is 5.71 Å². The Morgan fingerprint density at radius 2 is 1.80 bits per heavy atom. The first-order valence-corrected chi connectivity index (χ1v) is 10.9. The molecule has 0 fully saturated rings. The molecule has 0 unspecified atom stereocenters. The average Bonchev–Trinajstić information content (AvgIpc) is 2.94. The Kier molecular flexibility index (Phi) is 11.8. The minimum absolute atomic E-state index is 0.206. The highest BCUT2D eigenvalue weighted by Gasteiger charge is 2.17. The number of ether oxygens (including phenoxy) is 1. The van der Waals surface area contributed by atoms with Crippen molar-refractivity contribution in [3.05, 3.63) is 23.0 Å². The molecule has 0 spiro atoms. The first-order chi connectivity index (χ1) is 14.2. The standard InChI is InChI=1S/C20H35N7OS2/c1-8-21-19(29)25-23-15(5)18(24-26-20(30)22-13(2)3)17-12-14(4)27(16(17)6)10-9-11-28-7/h12-13H,8-11H2,1-7H3,(H2,21,25,29)(H2,22,26,30)/b23-15+,24-18-. The molecule has 1 rings (SSSR count). The molecule has 8 nitrogen and oxygen atoms in total. The fourth-order valence-electron chi connectivity index (χ4n) is 2.82. The van der Waals surface area contributed by atoms with Crippen molar-refractivity contribution in [1.82, 2.24) is 15.2 Å². The fraction of sp³-hybridized carbons (Fsp3) is 0.600. The first-order valence-electron chi connectivity index (χ1n) is 10.0. The van der Waals surface area contributed by atoms with E-state index in [4.69, 9.17) is 4.74 Å². The van der Waals surface area contributed by atoms with E-state index in [1.54, 1.807) is 7.11 Å². The summed E-state index contributed by atoms with van der Waals surface area (Å²) in [6.07, 6.45) is 0.930. The lowest BCUT2D eigenvalue weighted by Crippen LogP contribution is -2.26. The molecule has 1 aromatic rings. The van der Waals surface area contributed by atoms with Crippen molar-refractivity contribution in [3.8, 4) is 0 Å². The minimum atomic E-state index is 0.206. The monoisotopic (exact) mass is 453 g/mol. The number of nitrogens with one attached hydrogen (secondary N) is 2. The van der Waals surface area contributed by atoms with Crippen LogP contribution in [0.3, 0.4) is 0 Å². The van der Waals surface area contributed by atoms with Gasteiger partial charge in [-0.15, -0.1) is 40.6 Å². The Morgan fingerprint density at radius 3 is 2.40 bits per heavy atom. The van der Waals surface area contributed by atoms with Crippen LogP contribution in [-0.2, 0) is 11.3 Å². The Morgan fingerprint density at radius 1 is 1.13 bits per heavy atom. The van der Waals surface area contributed by atoms with Crippen LogP contribution in [0.1, 0.15) is 51.1 Å². The minimum Gasteiger partial charge on any atom is -0.385 e. The van der Waals surface area contributed by atoms with Crippen molar-refractivity contribution < 1.29 is 4.74 Å². The van der Waals surface area contributed by atoms with E-state index in [1.165, 1.54) is 0 Å². The zero-order chi connectivity index (χ0) is 22.7. The largest absolute Gasteiger partial charge is 0.385 e. The number of aromatic nitrogens is 1. The van der Waals surface area contributed by atoms with Crippen molar-refractivity contribution in [1.29, 1.82) is 0 Å². The third kappa shape index (κ3) is 8.53. The van der Waals surface area contributed by atoms with E-state index < -0.39 is 0 Å². The van der Waals surface area contributed by atoms with Gasteiger partial charge in [0.2, 0.25) is 0 Å². The number of nitrogens with zero attached hydrogens (tertiary/aromatic N) is 5. The van der Waals surface area contributed by atoms with E-state index in [0.717, 1.165) is 29.9 Å². The van der Waals surface area contributed by atoms with Gasteiger partial charge in [0, 0.05) is 49.8 Å². The normalized spacial score (nSPS) is 13.9. The number of amidine groups is 2. The van der Waals surface area contributed by atoms with Crippen LogP contribution in [0.5, 0.6) is 0 Å². The summed E-state index contributed by atoms with van der Waals surface area (Å²) in [7, 11) is 1.72. The third-order valence-corrected chi connectivity index (χ3v) is 4.66. The molecule has 0 aliphatic rings. The smallest absolute Gasteiger partial charge is 0.180 e. The summed E-state index contributed by atoms with van der Waals surface area (Å²) in [4.78, 5) is 0. The van der Waals surface area contributed by atoms with Crippen LogP contribution in [0.4, 0.5) is 0 Å². The fourth-order valence-corrected chi connectivity index (χ4v) is 3.33. The second-order valence-electron chi connectivity index (χ2n) is 7.09.